The van der Waals surface area contributed by atoms with Crippen LogP contribution in [-0.4, -0.2) is 55.9 Å². The van der Waals surface area contributed by atoms with Crippen LogP contribution >= 0.6 is 0 Å². The fraction of sp³-hybridized carbons (Fsp3) is 0.471. The van der Waals surface area contributed by atoms with Crippen molar-refractivity contribution in [3.8, 4) is 5.75 Å². The molecule has 0 N–H and O–H groups in total. The molecule has 1 saturated heterocycles. The first-order valence-electron chi connectivity index (χ1n) is 8.27. The summed E-state index contributed by atoms with van der Waals surface area (Å²) < 4.78 is 34.4. The first-order chi connectivity index (χ1) is 12.3. The summed E-state index contributed by atoms with van der Waals surface area (Å²) in [4.78, 5) is 14.5. The highest BCUT2D eigenvalue weighted by Crippen LogP contribution is 2.29. The molecule has 8 nitrogen and oxygen atoms in total. The van der Waals surface area contributed by atoms with Gasteiger partial charge in [0.1, 0.15) is 10.6 Å². The normalized spacial score (nSPS) is 15.9. The minimum atomic E-state index is -3.50. The Morgan fingerprint density at radius 2 is 1.96 bits per heavy atom. The summed E-state index contributed by atoms with van der Waals surface area (Å²) in [6.45, 7) is 2.84. The lowest BCUT2D eigenvalue weighted by Gasteiger charge is -2.30. The lowest BCUT2D eigenvalue weighted by molar-refractivity contribution is 0.0705. The van der Waals surface area contributed by atoms with Crippen molar-refractivity contribution < 1.29 is 22.4 Å². The maximum Gasteiger partial charge on any atom is 0.253 e. The Labute approximate surface area is 152 Å². The third-order valence-corrected chi connectivity index (χ3v) is 5.60. The van der Waals surface area contributed by atoms with E-state index in [4.69, 9.17) is 9.15 Å². The number of methoxy groups -OCH3 is 1. The Bertz CT molecular complexity index is 914. The van der Waals surface area contributed by atoms with E-state index in [2.05, 4.69) is 10.2 Å². The van der Waals surface area contributed by atoms with Gasteiger partial charge in [-0.1, -0.05) is 0 Å². The highest BCUT2D eigenvalue weighted by molar-refractivity contribution is 7.90. The number of piperidine rings is 1. The molecule has 1 aromatic carbocycles. The smallest absolute Gasteiger partial charge is 0.253 e. The molecule has 2 heterocycles. The summed E-state index contributed by atoms with van der Waals surface area (Å²) in [6.07, 6.45) is 2.54. The highest BCUT2D eigenvalue weighted by Gasteiger charge is 2.28. The molecular formula is C17H21N3O5S. The number of likely N-dealkylation sites (tertiary alicyclic amines) is 1. The zero-order valence-corrected chi connectivity index (χ0v) is 15.7. The zero-order chi connectivity index (χ0) is 18.9. The van der Waals surface area contributed by atoms with E-state index < -0.39 is 9.84 Å². The van der Waals surface area contributed by atoms with Gasteiger partial charge < -0.3 is 14.1 Å². The van der Waals surface area contributed by atoms with Crippen LogP contribution < -0.4 is 4.74 Å². The van der Waals surface area contributed by atoms with E-state index >= 15 is 0 Å². The molecule has 0 bridgehead atoms. The summed E-state index contributed by atoms with van der Waals surface area (Å²) in [7, 11) is -2.10. The molecule has 3 rings (SSSR count). The van der Waals surface area contributed by atoms with Crippen molar-refractivity contribution in [3.63, 3.8) is 0 Å². The number of carbonyl (C=O) groups excluding carboxylic acids is 1. The summed E-state index contributed by atoms with van der Waals surface area (Å²) in [5, 5.41) is 7.90. The summed E-state index contributed by atoms with van der Waals surface area (Å²) in [5.41, 5.74) is 0.332. The van der Waals surface area contributed by atoms with Crippen LogP contribution in [0.3, 0.4) is 0 Å². The van der Waals surface area contributed by atoms with Crippen molar-refractivity contribution >= 4 is 15.7 Å². The second-order valence-corrected chi connectivity index (χ2v) is 8.35. The van der Waals surface area contributed by atoms with Crippen LogP contribution in [0.1, 0.15) is 40.9 Å². The van der Waals surface area contributed by atoms with Gasteiger partial charge in [-0.05, 0) is 31.0 Å². The molecule has 0 unspecified atom stereocenters. The van der Waals surface area contributed by atoms with E-state index in [9.17, 15) is 13.2 Å². The van der Waals surface area contributed by atoms with Gasteiger partial charge >= 0.3 is 0 Å². The van der Waals surface area contributed by atoms with Gasteiger partial charge in [-0.2, -0.15) is 0 Å². The Morgan fingerprint density at radius 3 is 2.50 bits per heavy atom. The van der Waals surface area contributed by atoms with Crippen molar-refractivity contribution in [1.82, 2.24) is 15.1 Å². The second-order valence-electron chi connectivity index (χ2n) is 6.36. The number of ether oxygens (including phenoxy) is 1. The fourth-order valence-corrected chi connectivity index (χ4v) is 3.95. The average Bonchev–Trinajstić information content (AvgIpc) is 3.06. The SMILES string of the molecule is COc1ccc(C(=O)N2CCC(c3nnc(C)o3)CC2)cc1S(C)(=O)=O. The minimum Gasteiger partial charge on any atom is -0.495 e. The molecule has 26 heavy (non-hydrogen) atoms. The highest BCUT2D eigenvalue weighted by atomic mass is 32.2. The Hall–Kier alpha value is -2.42. The summed E-state index contributed by atoms with van der Waals surface area (Å²) in [6, 6.07) is 4.48. The van der Waals surface area contributed by atoms with Crippen LogP contribution in [0.4, 0.5) is 0 Å². The third kappa shape index (κ3) is 3.72. The van der Waals surface area contributed by atoms with Gasteiger partial charge in [-0.3, -0.25) is 4.79 Å². The van der Waals surface area contributed by atoms with E-state index in [-0.39, 0.29) is 22.5 Å². The number of rotatable bonds is 4. The van der Waals surface area contributed by atoms with Gasteiger partial charge in [0, 0.05) is 37.8 Å². The first-order valence-corrected chi connectivity index (χ1v) is 10.2. The monoisotopic (exact) mass is 379 g/mol. The van der Waals surface area contributed by atoms with Crippen molar-refractivity contribution in [2.75, 3.05) is 26.5 Å². The number of amides is 1. The van der Waals surface area contributed by atoms with E-state index in [0.717, 1.165) is 19.1 Å². The molecule has 0 saturated carbocycles. The molecule has 0 aliphatic carbocycles. The maximum absolute atomic E-state index is 12.8. The van der Waals surface area contributed by atoms with E-state index in [1.54, 1.807) is 17.9 Å². The molecule has 1 amide bonds. The Morgan fingerprint density at radius 1 is 1.27 bits per heavy atom. The van der Waals surface area contributed by atoms with Crippen LogP contribution in [-0.2, 0) is 9.84 Å². The van der Waals surface area contributed by atoms with Crippen LogP contribution in [0.15, 0.2) is 27.5 Å². The van der Waals surface area contributed by atoms with Gasteiger partial charge in [0.15, 0.2) is 9.84 Å². The van der Waals surface area contributed by atoms with Gasteiger partial charge in [0.05, 0.1) is 7.11 Å². The predicted molar refractivity (Wildman–Crippen MR) is 93.0 cm³/mol. The van der Waals surface area contributed by atoms with Crippen LogP contribution in [0.5, 0.6) is 5.75 Å². The zero-order valence-electron chi connectivity index (χ0n) is 14.9. The van der Waals surface area contributed by atoms with Gasteiger partial charge in [0.25, 0.3) is 5.91 Å². The number of nitrogens with zero attached hydrogens (tertiary/aromatic N) is 3. The fourth-order valence-electron chi connectivity index (χ4n) is 3.09. The van der Waals surface area contributed by atoms with E-state index in [1.165, 1.54) is 19.2 Å². The van der Waals surface area contributed by atoms with Gasteiger partial charge in [-0.15, -0.1) is 10.2 Å². The van der Waals surface area contributed by atoms with Crippen LogP contribution in [0, 0.1) is 6.92 Å². The number of benzene rings is 1. The Kier molecular flexibility index (Phi) is 4.99. The molecule has 2 aromatic rings. The standard InChI is InChI=1S/C17H21N3O5S/c1-11-18-19-16(25-11)12-6-8-20(9-7-12)17(21)13-4-5-14(24-2)15(10-13)26(3,22)23/h4-5,10,12H,6-9H2,1-3H3. The molecule has 140 valence electrons. The molecule has 1 aliphatic rings. The van der Waals surface area contributed by atoms with Gasteiger partial charge in [-0.25, -0.2) is 8.42 Å². The Balaban J connectivity index is 1.74. The molecule has 1 aromatic heterocycles. The van der Waals surface area contributed by atoms with Crippen molar-refractivity contribution in [3.05, 3.63) is 35.5 Å². The van der Waals surface area contributed by atoms with Crippen molar-refractivity contribution in [1.29, 1.82) is 0 Å². The third-order valence-electron chi connectivity index (χ3n) is 4.48. The number of hydrogen-bond acceptors (Lipinski definition) is 7. The van der Waals surface area contributed by atoms with Crippen molar-refractivity contribution in [2.24, 2.45) is 0 Å². The largest absolute Gasteiger partial charge is 0.495 e. The number of hydrogen-bond donors (Lipinski definition) is 0. The number of aryl methyl sites for hydroxylation is 1. The van der Waals surface area contributed by atoms with Crippen molar-refractivity contribution in [2.45, 2.75) is 30.6 Å². The molecule has 9 heteroatoms. The quantitative estimate of drug-likeness (QED) is 0.798. The topological polar surface area (TPSA) is 103 Å². The summed E-state index contributed by atoms with van der Waals surface area (Å²) in [5.74, 6) is 1.32. The molecule has 1 fully saturated rings. The van der Waals surface area contributed by atoms with Crippen LogP contribution in [0.2, 0.25) is 0 Å². The lowest BCUT2D eigenvalue weighted by Crippen LogP contribution is -2.38. The number of sulfone groups is 1. The average molecular weight is 379 g/mol. The molecular weight excluding hydrogens is 358 g/mol. The predicted octanol–water partition coefficient (Wildman–Crippen LogP) is 1.81. The van der Waals surface area contributed by atoms with Crippen LogP contribution in [0.25, 0.3) is 0 Å². The molecule has 0 spiro atoms. The molecule has 0 radical (unpaired) electrons. The van der Waals surface area contributed by atoms with E-state index in [1.807, 2.05) is 0 Å². The minimum absolute atomic E-state index is 0.0158. The number of carbonyl (C=O) groups is 1. The van der Waals surface area contributed by atoms with Gasteiger partial charge in [0.2, 0.25) is 11.8 Å². The second kappa shape index (κ2) is 7.06. The maximum atomic E-state index is 12.8. The number of aromatic nitrogens is 2. The molecule has 0 atom stereocenters. The van der Waals surface area contributed by atoms with E-state index in [0.29, 0.717) is 30.4 Å². The summed E-state index contributed by atoms with van der Waals surface area (Å²) >= 11 is 0. The molecule has 1 aliphatic heterocycles. The lowest BCUT2D eigenvalue weighted by atomic mass is 9.96. The first kappa shape index (κ1) is 18.4.